The Kier molecular flexibility index (Phi) is 3.17. The van der Waals surface area contributed by atoms with Crippen LogP contribution in [0.15, 0.2) is 21.9 Å². The van der Waals surface area contributed by atoms with Crippen LogP contribution in [0.2, 0.25) is 0 Å². The summed E-state index contributed by atoms with van der Waals surface area (Å²) in [6, 6.07) is 1.25. The lowest BCUT2D eigenvalue weighted by Gasteiger charge is -2.13. The van der Waals surface area contributed by atoms with Crippen LogP contribution in [-0.2, 0) is 4.74 Å². The van der Waals surface area contributed by atoms with E-state index in [9.17, 15) is 9.59 Å². The zero-order valence-corrected chi connectivity index (χ0v) is 9.26. The largest absolute Gasteiger partial charge is 0.394 e. The lowest BCUT2D eigenvalue weighted by Crippen LogP contribution is -2.31. The number of aromatic amines is 1. The fourth-order valence-corrected chi connectivity index (χ4v) is 2.05. The Morgan fingerprint density at radius 2 is 2.38 bits per heavy atom. The predicted octanol–water partition coefficient (Wildman–Crippen LogP) is -0.885. The Bertz CT molecular complexity index is 483. The molecule has 1 aromatic rings. The minimum Gasteiger partial charge on any atom is -0.394 e. The minimum absolute atomic E-state index is 0.117. The zero-order chi connectivity index (χ0) is 11.7. The third-order valence-electron chi connectivity index (χ3n) is 2.55. The summed E-state index contributed by atoms with van der Waals surface area (Å²) >= 11 is 4.26. The van der Waals surface area contributed by atoms with E-state index in [2.05, 4.69) is 17.6 Å². The summed E-state index contributed by atoms with van der Waals surface area (Å²) in [5, 5.41) is 8.88. The van der Waals surface area contributed by atoms with Gasteiger partial charge < -0.3 is 9.84 Å². The minimum atomic E-state index is -0.517. The Labute approximate surface area is 96.3 Å². The van der Waals surface area contributed by atoms with Crippen molar-refractivity contribution in [2.24, 2.45) is 0 Å². The summed E-state index contributed by atoms with van der Waals surface area (Å²) in [7, 11) is 0. The van der Waals surface area contributed by atoms with E-state index in [0.29, 0.717) is 6.42 Å². The lowest BCUT2D eigenvalue weighted by molar-refractivity contribution is -0.0237. The number of rotatable bonds is 2. The van der Waals surface area contributed by atoms with Gasteiger partial charge in [-0.2, -0.15) is 12.6 Å². The molecule has 1 aliphatic rings. The fourth-order valence-electron chi connectivity index (χ4n) is 1.70. The number of nitrogens with one attached hydrogen (secondary N) is 1. The molecule has 2 N–H and O–H groups in total. The van der Waals surface area contributed by atoms with Crippen molar-refractivity contribution < 1.29 is 9.84 Å². The van der Waals surface area contributed by atoms with E-state index in [1.54, 1.807) is 0 Å². The number of nitrogens with zero attached hydrogens (tertiary/aromatic N) is 1. The third kappa shape index (κ3) is 2.06. The van der Waals surface area contributed by atoms with Crippen molar-refractivity contribution in [2.45, 2.75) is 24.0 Å². The number of aliphatic hydroxyl groups is 1. The molecule has 0 bridgehead atoms. The second-order valence-corrected chi connectivity index (χ2v) is 4.30. The van der Waals surface area contributed by atoms with Gasteiger partial charge in [-0.1, -0.05) is 0 Å². The van der Waals surface area contributed by atoms with Crippen molar-refractivity contribution in [1.82, 2.24) is 9.55 Å². The zero-order valence-electron chi connectivity index (χ0n) is 8.37. The lowest BCUT2D eigenvalue weighted by atomic mass is 10.2. The molecule has 0 amide bonds. The second-order valence-electron chi connectivity index (χ2n) is 3.63. The molecule has 88 valence electrons. The van der Waals surface area contributed by atoms with Crippen LogP contribution in [0.3, 0.4) is 0 Å². The Morgan fingerprint density at radius 3 is 2.94 bits per heavy atom. The van der Waals surface area contributed by atoms with Gasteiger partial charge in [0.05, 0.1) is 12.7 Å². The van der Waals surface area contributed by atoms with Crippen molar-refractivity contribution in [3.63, 3.8) is 0 Å². The molecule has 0 spiro atoms. The summed E-state index contributed by atoms with van der Waals surface area (Å²) < 4.78 is 6.74. The SMILES string of the molecule is O=c1ccn([C@H]2C[C@H](S)[C@@H](CO)O2)c(=O)[nH]1. The maximum absolute atomic E-state index is 11.5. The van der Waals surface area contributed by atoms with Crippen molar-refractivity contribution in [1.29, 1.82) is 0 Å². The molecule has 0 saturated carbocycles. The first-order valence-corrected chi connectivity index (χ1v) is 5.39. The number of H-pyrrole nitrogens is 1. The molecule has 1 aliphatic heterocycles. The standard InChI is InChI=1S/C9H12N2O4S/c12-4-5-6(16)3-8(15-5)11-2-1-7(13)10-9(11)14/h1-2,5-6,8,12,16H,3-4H2,(H,10,13,14)/t5-,6+,8-/m1/s1. The van der Waals surface area contributed by atoms with E-state index >= 15 is 0 Å². The highest BCUT2D eigenvalue weighted by molar-refractivity contribution is 7.81. The first kappa shape index (κ1) is 11.4. The number of thiol groups is 1. The molecule has 2 heterocycles. The van der Waals surface area contributed by atoms with Crippen LogP contribution in [0.1, 0.15) is 12.6 Å². The average Bonchev–Trinajstić information content (AvgIpc) is 2.59. The number of hydrogen-bond donors (Lipinski definition) is 3. The van der Waals surface area contributed by atoms with E-state index in [4.69, 9.17) is 9.84 Å². The summed E-state index contributed by atoms with van der Waals surface area (Å²) in [4.78, 5) is 24.5. The predicted molar refractivity (Wildman–Crippen MR) is 59.7 cm³/mol. The van der Waals surface area contributed by atoms with Gasteiger partial charge >= 0.3 is 5.69 Å². The van der Waals surface area contributed by atoms with Crippen LogP contribution in [0.4, 0.5) is 0 Å². The highest BCUT2D eigenvalue weighted by Gasteiger charge is 2.33. The molecular formula is C9H12N2O4S. The maximum Gasteiger partial charge on any atom is 0.330 e. The van der Waals surface area contributed by atoms with E-state index in [-0.39, 0.29) is 18.0 Å². The smallest absolute Gasteiger partial charge is 0.330 e. The first-order valence-electron chi connectivity index (χ1n) is 4.87. The molecule has 3 atom stereocenters. The van der Waals surface area contributed by atoms with Crippen molar-refractivity contribution >= 4 is 12.6 Å². The molecule has 7 heteroatoms. The summed E-state index contributed by atoms with van der Waals surface area (Å²) in [6.45, 7) is -0.136. The van der Waals surface area contributed by atoms with Crippen LogP contribution in [0.25, 0.3) is 0 Å². The van der Waals surface area contributed by atoms with Gasteiger partial charge in [-0.3, -0.25) is 14.3 Å². The van der Waals surface area contributed by atoms with Crippen LogP contribution < -0.4 is 11.2 Å². The van der Waals surface area contributed by atoms with Gasteiger partial charge in [-0.15, -0.1) is 0 Å². The number of ether oxygens (including phenoxy) is 1. The van der Waals surface area contributed by atoms with E-state index in [0.717, 1.165) is 0 Å². The van der Waals surface area contributed by atoms with Crippen molar-refractivity contribution in [3.05, 3.63) is 33.1 Å². The topological polar surface area (TPSA) is 84.3 Å². The molecule has 16 heavy (non-hydrogen) atoms. The third-order valence-corrected chi connectivity index (χ3v) is 3.09. The quantitative estimate of drug-likeness (QED) is 0.590. The van der Waals surface area contributed by atoms with Crippen molar-refractivity contribution in [3.8, 4) is 0 Å². The van der Waals surface area contributed by atoms with Crippen LogP contribution in [0, 0.1) is 0 Å². The van der Waals surface area contributed by atoms with Crippen LogP contribution >= 0.6 is 12.6 Å². The Morgan fingerprint density at radius 1 is 1.62 bits per heavy atom. The average molecular weight is 244 g/mol. The normalized spacial score (nSPS) is 29.5. The molecule has 0 unspecified atom stereocenters. The number of aromatic nitrogens is 2. The Balaban J connectivity index is 2.27. The van der Waals surface area contributed by atoms with Gasteiger partial charge in [-0.05, 0) is 0 Å². The van der Waals surface area contributed by atoms with Gasteiger partial charge in [0.25, 0.3) is 5.56 Å². The van der Waals surface area contributed by atoms with E-state index < -0.39 is 17.5 Å². The van der Waals surface area contributed by atoms with Gasteiger partial charge in [0.2, 0.25) is 0 Å². The summed E-state index contributed by atoms with van der Waals surface area (Å²) in [5.74, 6) is 0. The first-order chi connectivity index (χ1) is 7.61. The number of aliphatic hydroxyl groups excluding tert-OH is 1. The summed E-state index contributed by atoms with van der Waals surface area (Å²) in [6.07, 6.45) is 1.03. The molecule has 0 aliphatic carbocycles. The van der Waals surface area contributed by atoms with Gasteiger partial charge in [0, 0.05) is 23.9 Å². The molecular weight excluding hydrogens is 232 g/mol. The van der Waals surface area contributed by atoms with Gasteiger partial charge in [-0.25, -0.2) is 4.79 Å². The Hall–Kier alpha value is -1.05. The van der Waals surface area contributed by atoms with E-state index in [1.165, 1.54) is 16.8 Å². The molecule has 6 nitrogen and oxygen atoms in total. The van der Waals surface area contributed by atoms with Crippen LogP contribution in [-0.4, -0.2) is 32.6 Å². The van der Waals surface area contributed by atoms with Gasteiger partial charge in [0.15, 0.2) is 0 Å². The highest BCUT2D eigenvalue weighted by Crippen LogP contribution is 2.30. The fraction of sp³-hybridized carbons (Fsp3) is 0.556. The highest BCUT2D eigenvalue weighted by atomic mass is 32.1. The monoisotopic (exact) mass is 244 g/mol. The maximum atomic E-state index is 11.5. The van der Waals surface area contributed by atoms with E-state index in [1.807, 2.05) is 0 Å². The number of hydrogen-bond acceptors (Lipinski definition) is 5. The molecule has 1 saturated heterocycles. The molecule has 1 aromatic heterocycles. The molecule has 0 radical (unpaired) electrons. The molecule has 0 aromatic carbocycles. The summed E-state index contributed by atoms with van der Waals surface area (Å²) in [5.41, 5.74) is -0.961. The van der Waals surface area contributed by atoms with Crippen LogP contribution in [0.5, 0.6) is 0 Å². The van der Waals surface area contributed by atoms with Gasteiger partial charge in [0.1, 0.15) is 6.23 Å². The second kappa shape index (κ2) is 4.44. The molecule has 2 rings (SSSR count). The molecule has 1 fully saturated rings. The van der Waals surface area contributed by atoms with Crippen molar-refractivity contribution in [2.75, 3.05) is 6.61 Å².